The molecule has 14 heteroatoms. The third kappa shape index (κ3) is 4.37. The number of aromatic nitrogens is 5. The summed E-state index contributed by atoms with van der Waals surface area (Å²) in [5.41, 5.74) is 0.506. The van der Waals surface area contributed by atoms with Gasteiger partial charge in [0, 0.05) is 32.8 Å². The number of nitrogens with zero attached hydrogens (tertiary/aromatic N) is 5. The summed E-state index contributed by atoms with van der Waals surface area (Å²) in [6.45, 7) is 0. The second-order valence-corrected chi connectivity index (χ2v) is 9.70. The van der Waals surface area contributed by atoms with Crippen molar-refractivity contribution >= 4 is 50.1 Å². The Balaban J connectivity index is 1.97. The molecule has 0 saturated heterocycles. The van der Waals surface area contributed by atoms with E-state index in [0.717, 1.165) is 12.1 Å². The smallest absolute Gasteiger partial charge is 0.264 e. The zero-order valence-corrected chi connectivity index (χ0v) is 19.6. The molecule has 0 amide bonds. The molecule has 4 rings (SSSR count). The van der Waals surface area contributed by atoms with Gasteiger partial charge in [0.25, 0.3) is 5.56 Å². The summed E-state index contributed by atoms with van der Waals surface area (Å²) in [6.07, 6.45) is 1.62. The summed E-state index contributed by atoms with van der Waals surface area (Å²) in [6, 6.07) is 5.42. The van der Waals surface area contributed by atoms with Gasteiger partial charge in [-0.2, -0.15) is 0 Å². The number of anilines is 1. The van der Waals surface area contributed by atoms with Crippen LogP contribution in [0.5, 0.6) is 5.88 Å². The Morgan fingerprint density at radius 2 is 1.88 bits per heavy atom. The van der Waals surface area contributed by atoms with Gasteiger partial charge in [0.05, 0.1) is 14.9 Å². The van der Waals surface area contributed by atoms with Crippen molar-refractivity contribution in [2.24, 2.45) is 5.14 Å². The Labute approximate surface area is 197 Å². The Morgan fingerprint density at radius 1 is 1.21 bits per heavy atom. The number of H-pyrrole nitrogens is 1. The number of halogens is 2. The van der Waals surface area contributed by atoms with E-state index in [2.05, 4.69) is 20.1 Å². The van der Waals surface area contributed by atoms with Crippen LogP contribution in [0.1, 0.15) is 11.4 Å². The lowest BCUT2D eigenvalue weighted by Crippen LogP contribution is -2.16. The lowest BCUT2D eigenvalue weighted by molar-refractivity contribution is 0.452. The molecule has 0 bridgehead atoms. The van der Waals surface area contributed by atoms with Crippen LogP contribution in [-0.4, -0.2) is 52.4 Å². The Hall–Kier alpha value is -3.19. The van der Waals surface area contributed by atoms with Crippen molar-refractivity contribution in [3.05, 3.63) is 62.2 Å². The normalized spacial score (nSPS) is 11.8. The average Bonchev–Trinajstić information content (AvgIpc) is 3.07. The van der Waals surface area contributed by atoms with Crippen molar-refractivity contribution in [3.63, 3.8) is 0 Å². The molecule has 4 aromatic rings. The van der Waals surface area contributed by atoms with Gasteiger partial charge in [-0.25, -0.2) is 28.2 Å². The highest BCUT2D eigenvalue weighted by Crippen LogP contribution is 2.34. The number of sulfonamides is 1. The van der Waals surface area contributed by atoms with Gasteiger partial charge in [-0.1, -0.05) is 23.2 Å². The first-order valence-electron chi connectivity index (χ1n) is 9.31. The predicted molar refractivity (Wildman–Crippen MR) is 124 cm³/mol. The highest BCUT2D eigenvalue weighted by molar-refractivity contribution is 7.89. The van der Waals surface area contributed by atoms with Crippen LogP contribution in [0.3, 0.4) is 0 Å². The van der Waals surface area contributed by atoms with E-state index in [1.165, 1.54) is 16.9 Å². The highest BCUT2D eigenvalue weighted by atomic mass is 35.5. The van der Waals surface area contributed by atoms with Crippen LogP contribution in [0.4, 0.5) is 5.82 Å². The van der Waals surface area contributed by atoms with Crippen molar-refractivity contribution in [2.75, 3.05) is 19.0 Å². The van der Waals surface area contributed by atoms with Crippen LogP contribution >= 0.6 is 23.2 Å². The Kier molecular flexibility index (Phi) is 5.78. The second-order valence-electron chi connectivity index (χ2n) is 7.32. The fourth-order valence-corrected chi connectivity index (χ4v) is 4.62. The average molecular weight is 510 g/mol. The zero-order valence-electron chi connectivity index (χ0n) is 17.2. The van der Waals surface area contributed by atoms with Gasteiger partial charge in [0.2, 0.25) is 15.9 Å². The molecule has 33 heavy (non-hydrogen) atoms. The maximum atomic E-state index is 13.0. The number of hydrogen-bond acceptors (Lipinski definition) is 8. The minimum Gasteiger partial charge on any atom is -0.493 e. The summed E-state index contributed by atoms with van der Waals surface area (Å²) in [4.78, 5) is 25.3. The minimum atomic E-state index is -4.05. The first-order chi connectivity index (χ1) is 15.5. The highest BCUT2D eigenvalue weighted by Gasteiger charge is 2.24. The van der Waals surface area contributed by atoms with E-state index in [4.69, 9.17) is 28.3 Å². The van der Waals surface area contributed by atoms with E-state index in [1.807, 2.05) is 0 Å². The molecule has 0 atom stereocenters. The van der Waals surface area contributed by atoms with Crippen LogP contribution < -0.4 is 15.6 Å². The van der Waals surface area contributed by atoms with Gasteiger partial charge in [-0.15, -0.1) is 5.10 Å². The number of nitrogens with one attached hydrogen (secondary N) is 1. The van der Waals surface area contributed by atoms with E-state index >= 15 is 0 Å². The van der Waals surface area contributed by atoms with E-state index in [9.17, 15) is 18.3 Å². The number of benzene rings is 1. The van der Waals surface area contributed by atoms with Crippen LogP contribution in [0, 0.1) is 0 Å². The Morgan fingerprint density at radius 3 is 2.45 bits per heavy atom. The monoisotopic (exact) mass is 509 g/mol. The first-order valence-corrected chi connectivity index (χ1v) is 11.6. The van der Waals surface area contributed by atoms with Gasteiger partial charge in [0.15, 0.2) is 11.5 Å². The fraction of sp³-hybridized carbons (Fsp3) is 0.158. The molecular weight excluding hydrogens is 493 g/mol. The molecule has 172 valence electrons. The van der Waals surface area contributed by atoms with E-state index in [1.54, 1.807) is 25.1 Å². The maximum Gasteiger partial charge on any atom is 0.264 e. The number of aromatic amines is 1. The quantitative estimate of drug-likeness (QED) is 0.367. The summed E-state index contributed by atoms with van der Waals surface area (Å²) in [7, 11) is -0.650. The molecule has 0 aliphatic rings. The van der Waals surface area contributed by atoms with Gasteiger partial charge < -0.3 is 15.0 Å². The molecule has 1 aromatic carbocycles. The standard InChI is InChI=1S/C19H17Cl2N7O4S/c1-27(2)18-15-17(24-13(25-19(15)30)5-9-3-4-23-14(29)6-9)28(26-18)16-11(20)7-10(8-12(16)21)33(22,31)32/h3-4,6-8H,5H2,1-2H3,(H,23,29)(H2,22,31,32)(H,24,25,30). The van der Waals surface area contributed by atoms with E-state index < -0.39 is 15.6 Å². The van der Waals surface area contributed by atoms with Crippen LogP contribution in [-0.2, 0) is 16.4 Å². The second kappa shape index (κ2) is 8.30. The number of aromatic hydroxyl groups is 1. The molecule has 3 aromatic heterocycles. The Bertz CT molecular complexity index is 1540. The van der Waals surface area contributed by atoms with E-state index in [-0.39, 0.29) is 49.8 Å². The number of nitrogens with two attached hydrogens (primary N) is 1. The molecule has 3 heterocycles. The van der Waals surface area contributed by atoms with Crippen molar-refractivity contribution in [1.29, 1.82) is 0 Å². The molecule has 4 N–H and O–H groups in total. The summed E-state index contributed by atoms with van der Waals surface area (Å²) in [5, 5.41) is 19.3. The van der Waals surface area contributed by atoms with E-state index in [0.29, 0.717) is 11.4 Å². The number of hydrogen-bond donors (Lipinski definition) is 3. The molecule has 0 aliphatic carbocycles. The largest absolute Gasteiger partial charge is 0.493 e. The molecule has 0 saturated carbocycles. The minimum absolute atomic E-state index is 0.0519. The molecular formula is C19H17Cl2N7O4S. The number of pyridine rings is 1. The third-order valence-corrected chi connectivity index (χ3v) is 6.17. The molecule has 0 unspecified atom stereocenters. The van der Waals surface area contributed by atoms with Crippen molar-refractivity contribution in [1.82, 2.24) is 24.7 Å². The van der Waals surface area contributed by atoms with Crippen LogP contribution in [0.25, 0.3) is 16.7 Å². The lowest BCUT2D eigenvalue weighted by atomic mass is 10.2. The third-order valence-electron chi connectivity index (χ3n) is 4.70. The van der Waals surface area contributed by atoms with Crippen molar-refractivity contribution < 1.29 is 13.5 Å². The summed E-state index contributed by atoms with van der Waals surface area (Å²) in [5.74, 6) is 0.428. The molecule has 0 spiro atoms. The lowest BCUT2D eigenvalue weighted by Gasteiger charge is -2.11. The molecule has 0 aliphatic heterocycles. The van der Waals surface area contributed by atoms with Crippen LogP contribution in [0.15, 0.2) is 40.2 Å². The molecule has 0 radical (unpaired) electrons. The summed E-state index contributed by atoms with van der Waals surface area (Å²) < 4.78 is 24.7. The van der Waals surface area contributed by atoms with Crippen molar-refractivity contribution in [3.8, 4) is 11.6 Å². The number of primary sulfonamides is 1. The fourth-order valence-electron chi connectivity index (χ4n) is 3.28. The topological polar surface area (TPSA) is 160 Å². The maximum absolute atomic E-state index is 13.0. The van der Waals surface area contributed by atoms with Gasteiger partial charge in [-0.05, 0) is 23.8 Å². The zero-order chi connectivity index (χ0) is 24.1. The van der Waals surface area contributed by atoms with Crippen LogP contribution in [0.2, 0.25) is 10.0 Å². The van der Waals surface area contributed by atoms with Gasteiger partial charge in [-0.3, -0.25) is 4.79 Å². The van der Waals surface area contributed by atoms with Gasteiger partial charge in [0.1, 0.15) is 16.9 Å². The molecule has 11 nitrogen and oxygen atoms in total. The predicted octanol–water partition coefficient (Wildman–Crippen LogP) is 1.82. The SMILES string of the molecule is CN(C)c1nn(-c2c(Cl)cc(S(N)(=O)=O)cc2Cl)c2nc(Cc3ccnc(O)c3)[nH]c(=O)c12. The molecule has 0 fully saturated rings. The number of fused-ring (bicyclic) bond motifs is 1. The van der Waals surface area contributed by atoms with Crippen molar-refractivity contribution in [2.45, 2.75) is 11.3 Å². The first kappa shape index (κ1) is 23.0. The summed E-state index contributed by atoms with van der Waals surface area (Å²) >= 11 is 12.7. The number of rotatable bonds is 5. The van der Waals surface area contributed by atoms with Gasteiger partial charge >= 0.3 is 0 Å².